The minimum absolute atomic E-state index is 0.0969. The van der Waals surface area contributed by atoms with E-state index in [0.29, 0.717) is 25.7 Å². The SMILES string of the molecule is NC[C@]1(F)CC[C@@H](O)CC1. The van der Waals surface area contributed by atoms with Crippen molar-refractivity contribution in [1.29, 1.82) is 0 Å². The lowest BCUT2D eigenvalue weighted by molar-refractivity contribution is 0.0390. The number of nitrogens with two attached hydrogens (primary N) is 1. The standard InChI is InChI=1S/C7H14FNO/c8-7(5-9)3-1-6(10)2-4-7/h6,10H,1-5,9H2/t6-,7+. The largest absolute Gasteiger partial charge is 0.393 e. The lowest BCUT2D eigenvalue weighted by Crippen LogP contribution is -2.38. The van der Waals surface area contributed by atoms with E-state index < -0.39 is 5.67 Å². The molecule has 3 heteroatoms. The van der Waals surface area contributed by atoms with Gasteiger partial charge >= 0.3 is 0 Å². The Bertz CT molecular complexity index is 110. The van der Waals surface area contributed by atoms with Gasteiger partial charge in [0.15, 0.2) is 0 Å². The molecule has 1 aliphatic carbocycles. The zero-order valence-electron chi connectivity index (χ0n) is 6.02. The molecule has 0 aromatic carbocycles. The Morgan fingerprint density at radius 2 is 2.00 bits per heavy atom. The van der Waals surface area contributed by atoms with Gasteiger partial charge in [0.25, 0.3) is 0 Å². The normalized spacial score (nSPS) is 41.7. The van der Waals surface area contributed by atoms with Crippen molar-refractivity contribution in [2.75, 3.05) is 6.54 Å². The van der Waals surface area contributed by atoms with Crippen LogP contribution in [0.1, 0.15) is 25.7 Å². The molecule has 60 valence electrons. The predicted octanol–water partition coefficient (Wildman–Crippen LogP) is 0.588. The molecular formula is C7H14FNO. The maximum absolute atomic E-state index is 13.2. The third kappa shape index (κ3) is 1.67. The molecule has 10 heavy (non-hydrogen) atoms. The number of aliphatic hydroxyl groups is 1. The number of rotatable bonds is 1. The van der Waals surface area contributed by atoms with Gasteiger partial charge in [-0.3, -0.25) is 0 Å². The van der Waals surface area contributed by atoms with Gasteiger partial charge in [-0.05, 0) is 25.7 Å². The number of hydrogen-bond donors (Lipinski definition) is 2. The van der Waals surface area contributed by atoms with Gasteiger partial charge in [-0.1, -0.05) is 0 Å². The molecule has 3 N–H and O–H groups in total. The monoisotopic (exact) mass is 147 g/mol. The molecule has 0 aromatic heterocycles. The van der Waals surface area contributed by atoms with E-state index >= 15 is 0 Å². The summed E-state index contributed by atoms with van der Waals surface area (Å²) in [6.45, 7) is 0.0969. The molecule has 0 spiro atoms. The molecule has 0 aromatic rings. The van der Waals surface area contributed by atoms with Crippen LogP contribution >= 0.6 is 0 Å². The highest BCUT2D eigenvalue weighted by Crippen LogP contribution is 2.30. The summed E-state index contributed by atoms with van der Waals surface area (Å²) in [7, 11) is 0. The quantitative estimate of drug-likeness (QED) is 0.570. The Morgan fingerprint density at radius 3 is 2.40 bits per heavy atom. The van der Waals surface area contributed by atoms with Crippen molar-refractivity contribution in [3.63, 3.8) is 0 Å². The minimum atomic E-state index is -1.18. The van der Waals surface area contributed by atoms with Crippen LogP contribution in [0.4, 0.5) is 4.39 Å². The van der Waals surface area contributed by atoms with Gasteiger partial charge in [0.05, 0.1) is 6.10 Å². The first-order valence-electron chi connectivity index (χ1n) is 3.73. The molecule has 1 aliphatic rings. The fraction of sp³-hybridized carbons (Fsp3) is 1.00. The first-order valence-corrected chi connectivity index (χ1v) is 3.73. The predicted molar refractivity (Wildman–Crippen MR) is 37.4 cm³/mol. The smallest absolute Gasteiger partial charge is 0.123 e. The molecule has 0 amide bonds. The van der Waals surface area contributed by atoms with Gasteiger partial charge in [0.1, 0.15) is 5.67 Å². The molecule has 1 saturated carbocycles. The van der Waals surface area contributed by atoms with E-state index in [2.05, 4.69) is 0 Å². The van der Waals surface area contributed by atoms with Crippen molar-refractivity contribution in [3.05, 3.63) is 0 Å². The zero-order valence-corrected chi connectivity index (χ0v) is 6.02. The Labute approximate surface area is 60.2 Å². The highest BCUT2D eigenvalue weighted by atomic mass is 19.1. The highest BCUT2D eigenvalue weighted by Gasteiger charge is 2.32. The van der Waals surface area contributed by atoms with Crippen LogP contribution in [0.2, 0.25) is 0 Å². The van der Waals surface area contributed by atoms with Crippen LogP contribution in [-0.2, 0) is 0 Å². The van der Waals surface area contributed by atoms with Gasteiger partial charge in [-0.15, -0.1) is 0 Å². The molecule has 1 fully saturated rings. The highest BCUT2D eigenvalue weighted by molar-refractivity contribution is 4.86. The summed E-state index contributed by atoms with van der Waals surface area (Å²) >= 11 is 0. The summed E-state index contributed by atoms with van der Waals surface area (Å²) in [6.07, 6.45) is 1.67. The summed E-state index contributed by atoms with van der Waals surface area (Å²) in [6, 6.07) is 0. The van der Waals surface area contributed by atoms with Gasteiger partial charge in [-0.25, -0.2) is 4.39 Å². The lowest BCUT2D eigenvalue weighted by atomic mass is 9.85. The number of aliphatic hydroxyl groups excluding tert-OH is 1. The van der Waals surface area contributed by atoms with Crippen molar-refractivity contribution in [3.8, 4) is 0 Å². The molecule has 1 rings (SSSR count). The van der Waals surface area contributed by atoms with Crippen LogP contribution in [0, 0.1) is 0 Å². The van der Waals surface area contributed by atoms with Gasteiger partial charge < -0.3 is 10.8 Å². The first kappa shape index (κ1) is 7.95. The molecule has 2 nitrogen and oxygen atoms in total. The summed E-state index contributed by atoms with van der Waals surface area (Å²) in [5.41, 5.74) is 4.04. The molecule has 0 radical (unpaired) electrons. The van der Waals surface area contributed by atoms with Gasteiger partial charge in [-0.2, -0.15) is 0 Å². The number of halogens is 1. The van der Waals surface area contributed by atoms with Crippen LogP contribution in [0.25, 0.3) is 0 Å². The fourth-order valence-corrected chi connectivity index (χ4v) is 1.32. The Hall–Kier alpha value is -0.150. The first-order chi connectivity index (χ1) is 4.66. The van der Waals surface area contributed by atoms with Crippen LogP contribution in [0.5, 0.6) is 0 Å². The van der Waals surface area contributed by atoms with E-state index in [1.165, 1.54) is 0 Å². The Kier molecular flexibility index (Phi) is 2.26. The van der Waals surface area contributed by atoms with Crippen molar-refractivity contribution in [2.45, 2.75) is 37.5 Å². The average molecular weight is 147 g/mol. The number of hydrogen-bond acceptors (Lipinski definition) is 2. The summed E-state index contributed by atoms with van der Waals surface area (Å²) < 4.78 is 13.2. The second-order valence-electron chi connectivity index (χ2n) is 3.09. The van der Waals surface area contributed by atoms with E-state index in [9.17, 15) is 4.39 Å². The van der Waals surface area contributed by atoms with Crippen LogP contribution < -0.4 is 5.73 Å². The Morgan fingerprint density at radius 1 is 1.50 bits per heavy atom. The maximum atomic E-state index is 13.2. The van der Waals surface area contributed by atoms with E-state index in [-0.39, 0.29) is 12.6 Å². The number of alkyl halides is 1. The topological polar surface area (TPSA) is 46.2 Å². The third-order valence-electron chi connectivity index (χ3n) is 2.22. The molecule has 0 heterocycles. The third-order valence-corrected chi connectivity index (χ3v) is 2.22. The van der Waals surface area contributed by atoms with E-state index in [1.807, 2.05) is 0 Å². The van der Waals surface area contributed by atoms with Crippen molar-refractivity contribution < 1.29 is 9.50 Å². The van der Waals surface area contributed by atoms with Gasteiger partial charge in [0, 0.05) is 6.54 Å². The summed E-state index contributed by atoms with van der Waals surface area (Å²) in [5.74, 6) is 0. The summed E-state index contributed by atoms with van der Waals surface area (Å²) in [4.78, 5) is 0. The molecular weight excluding hydrogens is 133 g/mol. The van der Waals surface area contributed by atoms with Crippen LogP contribution in [-0.4, -0.2) is 23.4 Å². The zero-order chi connectivity index (χ0) is 7.61. The molecule has 0 atom stereocenters. The van der Waals surface area contributed by atoms with Crippen LogP contribution in [0.3, 0.4) is 0 Å². The molecule has 0 bridgehead atoms. The van der Waals surface area contributed by atoms with E-state index in [0.717, 1.165) is 0 Å². The van der Waals surface area contributed by atoms with E-state index in [1.54, 1.807) is 0 Å². The molecule has 0 unspecified atom stereocenters. The maximum Gasteiger partial charge on any atom is 0.123 e. The summed E-state index contributed by atoms with van der Waals surface area (Å²) in [5, 5.41) is 9.03. The molecule has 0 aliphatic heterocycles. The van der Waals surface area contributed by atoms with Crippen molar-refractivity contribution in [1.82, 2.24) is 0 Å². The second kappa shape index (κ2) is 2.84. The van der Waals surface area contributed by atoms with E-state index in [4.69, 9.17) is 10.8 Å². The molecule has 0 saturated heterocycles. The minimum Gasteiger partial charge on any atom is -0.393 e. The average Bonchev–Trinajstić information content (AvgIpc) is 1.96. The van der Waals surface area contributed by atoms with Gasteiger partial charge in [0.2, 0.25) is 0 Å². The lowest BCUT2D eigenvalue weighted by Gasteiger charge is -2.30. The van der Waals surface area contributed by atoms with Crippen molar-refractivity contribution >= 4 is 0 Å². The second-order valence-corrected chi connectivity index (χ2v) is 3.09. The Balaban J connectivity index is 2.38. The van der Waals surface area contributed by atoms with Crippen LogP contribution in [0.15, 0.2) is 0 Å². The van der Waals surface area contributed by atoms with Crippen molar-refractivity contribution in [2.24, 2.45) is 5.73 Å². The fourth-order valence-electron chi connectivity index (χ4n) is 1.32.